The minimum Gasteiger partial charge on any atom is -0.436 e. The number of hydrogen-bond acceptors (Lipinski definition) is 6. The molecule has 6 rings (SSSR count). The Labute approximate surface area is 246 Å². The molecule has 1 aliphatic heterocycles. The van der Waals surface area contributed by atoms with E-state index in [1.807, 2.05) is 58.0 Å². The first kappa shape index (κ1) is 28.3. The van der Waals surface area contributed by atoms with Crippen LogP contribution < -0.4 is 4.90 Å². The molecule has 42 heavy (non-hydrogen) atoms. The van der Waals surface area contributed by atoms with Gasteiger partial charge in [-0.2, -0.15) is 4.31 Å². The molecule has 1 saturated carbocycles. The Bertz CT molecular complexity index is 1740. The summed E-state index contributed by atoms with van der Waals surface area (Å²) in [6.07, 6.45) is 3.94. The largest absolute Gasteiger partial charge is 0.436 e. The molecule has 1 saturated heterocycles. The zero-order chi connectivity index (χ0) is 29.8. The second-order valence-corrected chi connectivity index (χ2v) is 13.3. The molecule has 4 aromatic rings. The Morgan fingerprint density at radius 1 is 0.881 bits per heavy atom. The lowest BCUT2D eigenvalue weighted by atomic mass is 9.94. The van der Waals surface area contributed by atoms with E-state index in [0.29, 0.717) is 46.7 Å². The number of nitrogens with zero attached hydrogens (tertiary/aromatic N) is 3. The fourth-order valence-corrected chi connectivity index (χ4v) is 8.87. The minimum absolute atomic E-state index is 0.190. The highest BCUT2D eigenvalue weighted by Gasteiger charge is 2.50. The number of para-hydroxylation sites is 2. The quantitative estimate of drug-likeness (QED) is 0.243. The average molecular weight is 586 g/mol. The molecule has 0 spiro atoms. The monoisotopic (exact) mass is 585 g/mol. The Balaban J connectivity index is 1.36. The molecule has 2 heterocycles. The number of aromatic nitrogens is 1. The van der Waals surface area contributed by atoms with Crippen molar-refractivity contribution >= 4 is 38.6 Å². The number of fused-ring (bicyclic) bond motifs is 1. The molecule has 9 heteroatoms. The molecular weight excluding hydrogens is 550 g/mol. The van der Waals surface area contributed by atoms with Gasteiger partial charge in [-0.3, -0.25) is 9.59 Å². The van der Waals surface area contributed by atoms with Crippen LogP contribution in [0, 0.1) is 27.7 Å². The van der Waals surface area contributed by atoms with Crippen molar-refractivity contribution in [3.05, 3.63) is 76.9 Å². The summed E-state index contributed by atoms with van der Waals surface area (Å²) in [5.74, 6) is -0.485. The van der Waals surface area contributed by atoms with Crippen molar-refractivity contribution in [1.82, 2.24) is 9.29 Å². The molecule has 0 N–H and O–H groups in total. The summed E-state index contributed by atoms with van der Waals surface area (Å²) in [4.78, 5) is 33.3. The van der Waals surface area contributed by atoms with Crippen molar-refractivity contribution in [2.45, 2.75) is 83.2 Å². The second-order valence-electron chi connectivity index (χ2n) is 11.5. The van der Waals surface area contributed by atoms with Gasteiger partial charge in [0.1, 0.15) is 11.6 Å². The normalized spacial score (nSPS) is 18.5. The van der Waals surface area contributed by atoms with Gasteiger partial charge in [-0.15, -0.1) is 0 Å². The highest BCUT2D eigenvalue weighted by molar-refractivity contribution is 7.89. The number of benzene rings is 3. The highest BCUT2D eigenvalue weighted by atomic mass is 32.2. The number of carbonyl (C=O) groups excluding carboxylic acids is 2. The fourth-order valence-electron chi connectivity index (χ4n) is 6.46. The molecule has 1 aliphatic carbocycles. The first-order valence-electron chi connectivity index (χ1n) is 14.5. The zero-order valence-electron chi connectivity index (χ0n) is 24.4. The van der Waals surface area contributed by atoms with E-state index in [1.54, 1.807) is 24.3 Å². The number of amides is 2. The van der Waals surface area contributed by atoms with E-state index in [1.165, 1.54) is 4.31 Å². The molecule has 1 unspecified atom stereocenters. The van der Waals surface area contributed by atoms with Crippen LogP contribution in [0.4, 0.5) is 5.69 Å². The van der Waals surface area contributed by atoms with E-state index in [-0.39, 0.29) is 17.4 Å². The summed E-state index contributed by atoms with van der Waals surface area (Å²) in [6, 6.07) is 14.9. The van der Waals surface area contributed by atoms with Crippen LogP contribution in [-0.2, 0) is 19.6 Å². The van der Waals surface area contributed by atoms with Crippen molar-refractivity contribution in [3.63, 3.8) is 0 Å². The smallest absolute Gasteiger partial charge is 0.252 e. The van der Waals surface area contributed by atoms with E-state index in [2.05, 4.69) is 4.98 Å². The Hall–Kier alpha value is -3.82. The lowest BCUT2D eigenvalue weighted by Crippen LogP contribution is -2.51. The van der Waals surface area contributed by atoms with Crippen LogP contribution in [0.2, 0.25) is 0 Å². The average Bonchev–Trinajstić information content (AvgIpc) is 3.53. The number of sulfonamides is 1. The first-order valence-corrected chi connectivity index (χ1v) is 16.0. The predicted molar refractivity (Wildman–Crippen MR) is 162 cm³/mol. The SMILES string of the molecule is Cc1cc(C)c(C)c(S(=O)(=O)N(C2CCCCC2)C2CC(=O)N(c3ccc(-c4nc5ccccc5o4)cc3)C2=O)c1C. The third-order valence-corrected chi connectivity index (χ3v) is 11.1. The van der Waals surface area contributed by atoms with E-state index in [0.717, 1.165) is 40.8 Å². The van der Waals surface area contributed by atoms with Crippen LogP contribution >= 0.6 is 0 Å². The molecule has 2 aliphatic rings. The second kappa shape index (κ2) is 10.8. The molecule has 2 amide bonds. The first-order chi connectivity index (χ1) is 20.1. The van der Waals surface area contributed by atoms with Crippen LogP contribution in [0.25, 0.3) is 22.6 Å². The van der Waals surface area contributed by atoms with Gasteiger partial charge in [-0.1, -0.05) is 37.5 Å². The fraction of sp³-hybridized carbons (Fsp3) is 0.364. The molecule has 218 valence electrons. The van der Waals surface area contributed by atoms with E-state index in [4.69, 9.17) is 4.42 Å². The zero-order valence-corrected chi connectivity index (χ0v) is 25.2. The number of anilines is 1. The number of aryl methyl sites for hydroxylation is 2. The van der Waals surface area contributed by atoms with Crippen LogP contribution in [0.5, 0.6) is 0 Å². The number of carbonyl (C=O) groups is 2. The topological polar surface area (TPSA) is 101 Å². The summed E-state index contributed by atoms with van der Waals surface area (Å²) in [6.45, 7) is 7.45. The Morgan fingerprint density at radius 2 is 1.52 bits per heavy atom. The number of imide groups is 1. The molecule has 0 radical (unpaired) electrons. The number of hydrogen-bond donors (Lipinski definition) is 0. The maximum Gasteiger partial charge on any atom is 0.252 e. The lowest BCUT2D eigenvalue weighted by Gasteiger charge is -2.37. The molecule has 3 aromatic carbocycles. The predicted octanol–water partition coefficient (Wildman–Crippen LogP) is 6.38. The van der Waals surface area contributed by atoms with Gasteiger partial charge in [0.05, 0.1) is 17.0 Å². The van der Waals surface area contributed by atoms with Crippen LogP contribution in [-0.4, -0.2) is 41.6 Å². The summed E-state index contributed by atoms with van der Waals surface area (Å²) >= 11 is 0. The molecule has 0 bridgehead atoms. The van der Waals surface area contributed by atoms with Crippen molar-refractivity contribution in [2.75, 3.05) is 4.90 Å². The van der Waals surface area contributed by atoms with Gasteiger partial charge >= 0.3 is 0 Å². The van der Waals surface area contributed by atoms with Gasteiger partial charge in [-0.25, -0.2) is 18.3 Å². The molecule has 1 aromatic heterocycles. The van der Waals surface area contributed by atoms with Gasteiger partial charge in [0, 0.05) is 11.6 Å². The van der Waals surface area contributed by atoms with Crippen LogP contribution in [0.3, 0.4) is 0 Å². The molecule has 8 nitrogen and oxygen atoms in total. The standard InChI is InChI=1S/C33H35N3O5S/c1-20-18-21(2)23(4)31(22(20)3)42(39,40)36(26-10-6-5-7-11-26)28-19-30(37)35(33(28)38)25-16-14-24(15-17-25)32-34-27-12-8-9-13-29(27)41-32/h8-9,12-18,26,28H,5-7,10-11,19H2,1-4H3. The van der Waals surface area contributed by atoms with Gasteiger partial charge in [-0.05, 0) is 99.2 Å². The van der Waals surface area contributed by atoms with E-state index >= 15 is 0 Å². The summed E-state index contributed by atoms with van der Waals surface area (Å²) < 4.78 is 36.4. The van der Waals surface area contributed by atoms with Gasteiger partial charge < -0.3 is 4.42 Å². The Morgan fingerprint density at radius 3 is 2.17 bits per heavy atom. The number of oxazole rings is 1. The van der Waals surface area contributed by atoms with Crippen molar-refractivity contribution in [3.8, 4) is 11.5 Å². The van der Waals surface area contributed by atoms with E-state index in [9.17, 15) is 18.0 Å². The molecular formula is C33H35N3O5S. The van der Waals surface area contributed by atoms with Crippen LogP contribution in [0.15, 0.2) is 63.9 Å². The van der Waals surface area contributed by atoms with Crippen molar-refractivity contribution in [2.24, 2.45) is 0 Å². The lowest BCUT2D eigenvalue weighted by molar-refractivity contribution is -0.122. The van der Waals surface area contributed by atoms with Crippen molar-refractivity contribution in [1.29, 1.82) is 0 Å². The van der Waals surface area contributed by atoms with Gasteiger partial charge in [0.2, 0.25) is 21.8 Å². The maximum absolute atomic E-state index is 14.6. The highest BCUT2D eigenvalue weighted by Crippen LogP contribution is 2.38. The number of rotatable bonds is 6. The molecule has 1 atom stereocenters. The molecule has 2 fully saturated rings. The maximum atomic E-state index is 14.6. The third kappa shape index (κ3) is 4.74. The summed E-state index contributed by atoms with van der Waals surface area (Å²) in [5, 5.41) is 0. The van der Waals surface area contributed by atoms with Crippen LogP contribution in [0.1, 0.15) is 60.8 Å². The summed E-state index contributed by atoms with van der Waals surface area (Å²) in [5.41, 5.74) is 5.64. The minimum atomic E-state index is -4.10. The van der Waals surface area contributed by atoms with Gasteiger partial charge in [0.25, 0.3) is 5.91 Å². The van der Waals surface area contributed by atoms with Crippen molar-refractivity contribution < 1.29 is 22.4 Å². The van der Waals surface area contributed by atoms with Gasteiger partial charge in [0.15, 0.2) is 5.58 Å². The Kier molecular flexibility index (Phi) is 7.27. The van der Waals surface area contributed by atoms with E-state index < -0.39 is 27.9 Å². The third-order valence-electron chi connectivity index (χ3n) is 8.86. The summed E-state index contributed by atoms with van der Waals surface area (Å²) in [7, 11) is -4.10.